The molecule has 0 saturated heterocycles. The molecule has 4 rings (SSSR count). The van der Waals surface area contributed by atoms with Crippen LogP contribution in [-0.4, -0.2) is 28.0 Å². The number of aromatic nitrogens is 2. The maximum absolute atomic E-state index is 13.3. The smallest absolute Gasteiger partial charge is 0.261 e. The number of amides is 2. The number of ether oxygens (including phenoxy) is 1. The van der Waals surface area contributed by atoms with Crippen LogP contribution in [0.1, 0.15) is 21.7 Å². The minimum Gasteiger partial charge on any atom is -0.483 e. The fraction of sp³-hybridized carbons (Fsp3) is 0.125. The molecule has 2 heterocycles. The zero-order valence-corrected chi connectivity index (χ0v) is 18.8. The lowest BCUT2D eigenvalue weighted by Gasteiger charge is -2.10. The molecule has 0 bridgehead atoms. The number of benzene rings is 2. The summed E-state index contributed by atoms with van der Waals surface area (Å²) < 4.78 is 20.7. The fourth-order valence-electron chi connectivity index (χ4n) is 3.56. The van der Waals surface area contributed by atoms with Crippen molar-refractivity contribution in [2.24, 2.45) is 5.73 Å². The lowest BCUT2D eigenvalue weighted by molar-refractivity contribution is -0.119. The van der Waals surface area contributed by atoms with Crippen molar-refractivity contribution in [3.8, 4) is 22.7 Å². The van der Waals surface area contributed by atoms with E-state index in [9.17, 15) is 14.0 Å². The number of hydrogen-bond acceptors (Lipinski definition) is 5. The molecule has 33 heavy (non-hydrogen) atoms. The number of aryl methyl sites for hydroxylation is 1. The number of primary amides is 1. The monoisotopic (exact) mass is 464 g/mol. The first kappa shape index (κ1) is 22.2. The van der Waals surface area contributed by atoms with Gasteiger partial charge in [-0.3, -0.25) is 14.9 Å². The Morgan fingerprint density at radius 2 is 1.88 bits per heavy atom. The van der Waals surface area contributed by atoms with Gasteiger partial charge in [0, 0.05) is 28.0 Å². The first-order valence-corrected chi connectivity index (χ1v) is 10.9. The molecular formula is C24H21FN4O3S. The van der Waals surface area contributed by atoms with Crippen molar-refractivity contribution in [2.75, 3.05) is 11.9 Å². The molecule has 0 radical (unpaired) electrons. The maximum atomic E-state index is 13.3. The number of carbonyl (C=O) groups is 2. The average Bonchev–Trinajstić information content (AvgIpc) is 3.36. The molecule has 0 fully saturated rings. The van der Waals surface area contributed by atoms with E-state index in [2.05, 4.69) is 10.3 Å². The van der Waals surface area contributed by atoms with Gasteiger partial charge in [-0.05, 0) is 56.3 Å². The fourth-order valence-corrected chi connectivity index (χ4v) is 4.26. The van der Waals surface area contributed by atoms with Gasteiger partial charge in [-0.15, -0.1) is 11.3 Å². The molecule has 0 aliphatic carbocycles. The summed E-state index contributed by atoms with van der Waals surface area (Å²) in [6.45, 7) is 3.61. The second-order valence-corrected chi connectivity index (χ2v) is 8.20. The molecule has 0 spiro atoms. The van der Waals surface area contributed by atoms with Gasteiger partial charge < -0.3 is 15.0 Å². The van der Waals surface area contributed by atoms with Gasteiger partial charge in [0.2, 0.25) is 0 Å². The van der Waals surface area contributed by atoms with Gasteiger partial charge in [-0.2, -0.15) is 0 Å². The summed E-state index contributed by atoms with van der Waals surface area (Å²) in [6, 6.07) is 14.9. The third kappa shape index (κ3) is 4.78. The van der Waals surface area contributed by atoms with E-state index >= 15 is 0 Å². The second kappa shape index (κ2) is 9.25. The Labute approximate surface area is 193 Å². The predicted octanol–water partition coefficient (Wildman–Crippen LogP) is 4.47. The van der Waals surface area contributed by atoms with Crippen molar-refractivity contribution in [1.82, 2.24) is 9.55 Å². The zero-order chi connectivity index (χ0) is 23.5. The number of carbonyl (C=O) groups excluding carboxylic acids is 2. The third-order valence-electron chi connectivity index (χ3n) is 5.02. The van der Waals surface area contributed by atoms with Crippen molar-refractivity contribution in [1.29, 1.82) is 0 Å². The topological polar surface area (TPSA) is 99.2 Å². The van der Waals surface area contributed by atoms with Crippen LogP contribution in [0, 0.1) is 19.7 Å². The Kier molecular flexibility index (Phi) is 6.23. The number of rotatable bonds is 7. The molecule has 0 saturated carbocycles. The third-order valence-corrected chi connectivity index (χ3v) is 5.78. The maximum Gasteiger partial charge on any atom is 0.261 e. The van der Waals surface area contributed by atoms with E-state index in [0.29, 0.717) is 5.13 Å². The second-order valence-electron chi connectivity index (χ2n) is 7.34. The normalized spacial score (nSPS) is 10.8. The van der Waals surface area contributed by atoms with Crippen LogP contribution in [0.4, 0.5) is 9.52 Å². The lowest BCUT2D eigenvalue weighted by atomic mass is 10.2. The molecule has 168 valence electrons. The Balaban J connectivity index is 1.56. The van der Waals surface area contributed by atoms with Crippen LogP contribution in [0.3, 0.4) is 0 Å². The van der Waals surface area contributed by atoms with Gasteiger partial charge in [-0.1, -0.05) is 12.1 Å². The van der Waals surface area contributed by atoms with Crippen molar-refractivity contribution < 1.29 is 18.7 Å². The van der Waals surface area contributed by atoms with Crippen LogP contribution in [0.5, 0.6) is 5.75 Å². The number of halogens is 1. The summed E-state index contributed by atoms with van der Waals surface area (Å²) in [6.07, 6.45) is 0. The quantitative estimate of drug-likeness (QED) is 0.421. The number of hydrogen-bond donors (Lipinski definition) is 2. The van der Waals surface area contributed by atoms with E-state index in [1.807, 2.05) is 29.9 Å². The van der Waals surface area contributed by atoms with Crippen molar-refractivity contribution in [2.45, 2.75) is 13.8 Å². The number of nitrogens with two attached hydrogens (primary N) is 1. The van der Waals surface area contributed by atoms with Gasteiger partial charge in [0.1, 0.15) is 11.6 Å². The van der Waals surface area contributed by atoms with Crippen LogP contribution >= 0.6 is 11.3 Å². The molecule has 2 amide bonds. The van der Waals surface area contributed by atoms with Gasteiger partial charge in [0.25, 0.3) is 11.8 Å². The van der Waals surface area contributed by atoms with Crippen LogP contribution in [0.25, 0.3) is 16.9 Å². The van der Waals surface area contributed by atoms with E-state index in [1.165, 1.54) is 23.5 Å². The van der Waals surface area contributed by atoms with E-state index < -0.39 is 11.8 Å². The molecule has 0 atom stereocenters. The van der Waals surface area contributed by atoms with Crippen LogP contribution in [-0.2, 0) is 4.79 Å². The molecule has 2 aromatic carbocycles. The van der Waals surface area contributed by atoms with Gasteiger partial charge >= 0.3 is 0 Å². The van der Waals surface area contributed by atoms with Crippen molar-refractivity contribution in [3.63, 3.8) is 0 Å². The summed E-state index contributed by atoms with van der Waals surface area (Å²) in [5, 5.41) is 5.06. The van der Waals surface area contributed by atoms with Crippen LogP contribution in [0.2, 0.25) is 0 Å². The van der Waals surface area contributed by atoms with E-state index in [4.69, 9.17) is 10.5 Å². The first-order chi connectivity index (χ1) is 15.8. The molecule has 2 aromatic heterocycles. The Hall–Kier alpha value is -3.98. The van der Waals surface area contributed by atoms with Crippen LogP contribution < -0.4 is 15.8 Å². The van der Waals surface area contributed by atoms with Gasteiger partial charge in [-0.25, -0.2) is 9.37 Å². The average molecular weight is 465 g/mol. The Morgan fingerprint density at radius 3 is 2.61 bits per heavy atom. The highest BCUT2D eigenvalue weighted by Gasteiger charge is 2.18. The number of nitrogens with one attached hydrogen (secondary N) is 1. The summed E-state index contributed by atoms with van der Waals surface area (Å²) in [5.74, 6) is -1.07. The van der Waals surface area contributed by atoms with Gasteiger partial charge in [0.15, 0.2) is 11.7 Å². The molecule has 3 N–H and O–H groups in total. The minimum atomic E-state index is -0.631. The van der Waals surface area contributed by atoms with E-state index in [1.54, 1.807) is 36.4 Å². The first-order valence-electron chi connectivity index (χ1n) is 10.1. The molecule has 4 aromatic rings. The molecule has 0 unspecified atom stereocenters. The number of nitrogens with zero attached hydrogens (tertiary/aromatic N) is 2. The molecule has 9 heteroatoms. The Bertz CT molecular complexity index is 1330. The van der Waals surface area contributed by atoms with Crippen molar-refractivity contribution in [3.05, 3.63) is 82.7 Å². The zero-order valence-electron chi connectivity index (χ0n) is 18.0. The number of para-hydroxylation sites is 1. The number of thiazole rings is 1. The van der Waals surface area contributed by atoms with Crippen molar-refractivity contribution >= 4 is 28.3 Å². The predicted molar refractivity (Wildman–Crippen MR) is 125 cm³/mol. The highest BCUT2D eigenvalue weighted by Crippen LogP contribution is 2.32. The standard InChI is InChI=1S/C24H21FN4O3S/c1-14-11-19(15(2)29(14)17-9-7-16(25)8-10-17)20-13-33-24(27-20)28-23(31)18-5-3-4-6-21(18)32-12-22(26)30/h3-11,13H,12H2,1-2H3,(H2,26,30)(H,27,28,31). The highest BCUT2D eigenvalue weighted by molar-refractivity contribution is 7.14. The minimum absolute atomic E-state index is 0.258. The van der Waals surface area contributed by atoms with E-state index in [-0.39, 0.29) is 23.7 Å². The SMILES string of the molecule is Cc1cc(-c2csc(NC(=O)c3ccccc3OCC(N)=O)n2)c(C)n1-c1ccc(F)cc1. The Morgan fingerprint density at radius 1 is 1.15 bits per heavy atom. The van der Waals surface area contributed by atoms with Crippen LogP contribution in [0.15, 0.2) is 60.0 Å². The lowest BCUT2D eigenvalue weighted by Crippen LogP contribution is -2.21. The van der Waals surface area contributed by atoms with Gasteiger partial charge in [0.05, 0.1) is 11.3 Å². The highest BCUT2D eigenvalue weighted by atomic mass is 32.1. The summed E-state index contributed by atoms with van der Waals surface area (Å²) in [7, 11) is 0. The number of anilines is 1. The molecule has 0 aliphatic heterocycles. The molecule has 7 nitrogen and oxygen atoms in total. The summed E-state index contributed by atoms with van der Waals surface area (Å²) in [4.78, 5) is 28.4. The largest absolute Gasteiger partial charge is 0.483 e. The molecular weight excluding hydrogens is 443 g/mol. The molecule has 0 aliphatic rings. The summed E-state index contributed by atoms with van der Waals surface area (Å²) in [5.41, 5.74) is 9.81. The van der Waals surface area contributed by atoms with E-state index in [0.717, 1.165) is 28.3 Å². The summed E-state index contributed by atoms with van der Waals surface area (Å²) >= 11 is 1.30.